The number of carboxylic acid groups (broad SMARTS) is 1. The number of nitrogens with zero attached hydrogens (tertiary/aromatic N) is 1. The van der Waals surface area contributed by atoms with E-state index in [0.717, 1.165) is 11.3 Å². The minimum atomic E-state index is -1.17. The summed E-state index contributed by atoms with van der Waals surface area (Å²) in [7, 11) is 0. The fraction of sp³-hybridized carbons (Fsp3) is 0.278. The molecule has 1 heterocycles. The molecule has 0 unspecified atom stereocenters. The maximum Gasteiger partial charge on any atom is 0.354 e. The lowest BCUT2D eigenvalue weighted by atomic mass is 10.0. The molecule has 6 heteroatoms. The Hall–Kier alpha value is -2.89. The number of hydrogen-bond acceptors (Lipinski definition) is 4. The fourth-order valence-electron chi connectivity index (χ4n) is 2.21. The van der Waals surface area contributed by atoms with Gasteiger partial charge in [0.25, 0.3) is 5.91 Å². The van der Waals surface area contributed by atoms with Gasteiger partial charge in [-0.2, -0.15) is 0 Å². The zero-order valence-corrected chi connectivity index (χ0v) is 13.7. The van der Waals surface area contributed by atoms with Crippen molar-refractivity contribution in [2.24, 2.45) is 0 Å². The normalized spacial score (nSPS) is 10.5. The number of aromatic carboxylic acids is 1. The van der Waals surface area contributed by atoms with Gasteiger partial charge in [0.15, 0.2) is 0 Å². The number of amides is 1. The molecule has 126 valence electrons. The smallest absolute Gasteiger partial charge is 0.354 e. The molecule has 0 fully saturated rings. The average Bonchev–Trinajstić information content (AvgIpc) is 2.58. The monoisotopic (exact) mass is 328 g/mol. The van der Waals surface area contributed by atoms with E-state index >= 15 is 0 Å². The molecule has 1 amide bonds. The Labute approximate surface area is 140 Å². The minimum Gasteiger partial charge on any atom is -0.491 e. The van der Waals surface area contributed by atoms with E-state index in [0.29, 0.717) is 19.1 Å². The van der Waals surface area contributed by atoms with Crippen LogP contribution in [-0.2, 0) is 0 Å². The van der Waals surface area contributed by atoms with Gasteiger partial charge in [0.05, 0.1) is 6.54 Å². The number of rotatable bonds is 7. The summed E-state index contributed by atoms with van der Waals surface area (Å²) in [6.45, 7) is 4.82. The Morgan fingerprint density at radius 1 is 1.25 bits per heavy atom. The Bertz CT molecular complexity index is 728. The van der Waals surface area contributed by atoms with Crippen LogP contribution >= 0.6 is 0 Å². The third kappa shape index (κ3) is 4.55. The van der Waals surface area contributed by atoms with Gasteiger partial charge in [-0.15, -0.1) is 0 Å². The molecule has 2 rings (SSSR count). The molecule has 0 aliphatic carbocycles. The lowest BCUT2D eigenvalue weighted by molar-refractivity contribution is 0.0690. The van der Waals surface area contributed by atoms with Gasteiger partial charge in [-0.3, -0.25) is 4.79 Å². The molecule has 1 aromatic heterocycles. The Kier molecular flexibility index (Phi) is 5.89. The van der Waals surface area contributed by atoms with Crippen molar-refractivity contribution in [2.75, 3.05) is 13.2 Å². The predicted octanol–water partition coefficient (Wildman–Crippen LogP) is 2.71. The second kappa shape index (κ2) is 8.10. The summed E-state index contributed by atoms with van der Waals surface area (Å²) in [5.74, 6) is -0.375. The van der Waals surface area contributed by atoms with Crippen LogP contribution in [0.1, 0.15) is 46.2 Å². The Balaban J connectivity index is 1.88. The number of carbonyl (C=O) groups is 2. The summed E-state index contributed by atoms with van der Waals surface area (Å²) in [6.07, 6.45) is 1.30. The summed E-state index contributed by atoms with van der Waals surface area (Å²) >= 11 is 0. The van der Waals surface area contributed by atoms with Crippen molar-refractivity contribution in [3.63, 3.8) is 0 Å². The first-order chi connectivity index (χ1) is 11.5. The predicted molar refractivity (Wildman–Crippen MR) is 89.6 cm³/mol. The van der Waals surface area contributed by atoms with Crippen LogP contribution in [0.4, 0.5) is 0 Å². The molecule has 0 radical (unpaired) electrons. The van der Waals surface area contributed by atoms with E-state index in [4.69, 9.17) is 9.84 Å². The van der Waals surface area contributed by atoms with Gasteiger partial charge < -0.3 is 15.2 Å². The van der Waals surface area contributed by atoms with E-state index in [1.807, 2.05) is 24.3 Å². The van der Waals surface area contributed by atoms with Gasteiger partial charge in [-0.25, -0.2) is 9.78 Å². The van der Waals surface area contributed by atoms with E-state index < -0.39 is 5.97 Å². The summed E-state index contributed by atoms with van der Waals surface area (Å²) in [5, 5.41) is 11.6. The number of para-hydroxylation sites is 1. The highest BCUT2D eigenvalue weighted by atomic mass is 16.5. The van der Waals surface area contributed by atoms with Gasteiger partial charge in [0, 0.05) is 11.8 Å². The van der Waals surface area contributed by atoms with Gasteiger partial charge in [-0.1, -0.05) is 32.0 Å². The SMILES string of the molecule is CC(C)c1ccccc1OCCNC(=O)c1ccnc(C(=O)O)c1. The van der Waals surface area contributed by atoms with E-state index in [-0.39, 0.29) is 17.2 Å². The van der Waals surface area contributed by atoms with Crippen molar-refractivity contribution in [1.82, 2.24) is 10.3 Å². The van der Waals surface area contributed by atoms with Crippen LogP contribution < -0.4 is 10.1 Å². The second-order valence-electron chi connectivity index (χ2n) is 5.53. The maximum absolute atomic E-state index is 12.0. The molecule has 0 saturated heterocycles. The molecule has 0 aliphatic rings. The highest BCUT2D eigenvalue weighted by Crippen LogP contribution is 2.25. The number of aromatic nitrogens is 1. The number of carbonyl (C=O) groups excluding carboxylic acids is 1. The van der Waals surface area contributed by atoms with E-state index in [1.54, 1.807) is 0 Å². The molecular formula is C18H20N2O4. The van der Waals surface area contributed by atoms with Crippen LogP contribution in [-0.4, -0.2) is 35.1 Å². The van der Waals surface area contributed by atoms with Gasteiger partial charge >= 0.3 is 5.97 Å². The van der Waals surface area contributed by atoms with Crippen molar-refractivity contribution in [2.45, 2.75) is 19.8 Å². The average molecular weight is 328 g/mol. The molecule has 24 heavy (non-hydrogen) atoms. The highest BCUT2D eigenvalue weighted by Gasteiger charge is 2.11. The van der Waals surface area contributed by atoms with Gasteiger partial charge in [0.2, 0.25) is 0 Å². The van der Waals surface area contributed by atoms with Crippen molar-refractivity contribution in [1.29, 1.82) is 0 Å². The van der Waals surface area contributed by atoms with Crippen LogP contribution in [0.2, 0.25) is 0 Å². The number of carboxylic acids is 1. The Morgan fingerprint density at radius 2 is 2.00 bits per heavy atom. The van der Waals surface area contributed by atoms with Crippen molar-refractivity contribution >= 4 is 11.9 Å². The van der Waals surface area contributed by atoms with Crippen LogP contribution in [0.3, 0.4) is 0 Å². The number of nitrogens with one attached hydrogen (secondary N) is 1. The van der Waals surface area contributed by atoms with Crippen molar-refractivity contribution in [3.05, 3.63) is 59.4 Å². The zero-order chi connectivity index (χ0) is 17.5. The number of benzene rings is 1. The molecule has 6 nitrogen and oxygen atoms in total. The number of pyridine rings is 1. The summed E-state index contributed by atoms with van der Waals surface area (Å²) < 4.78 is 5.73. The lowest BCUT2D eigenvalue weighted by Gasteiger charge is -2.14. The van der Waals surface area contributed by atoms with Crippen molar-refractivity contribution in [3.8, 4) is 5.75 Å². The summed E-state index contributed by atoms with van der Waals surface area (Å²) in [4.78, 5) is 26.6. The minimum absolute atomic E-state index is 0.162. The first-order valence-electron chi connectivity index (χ1n) is 7.68. The lowest BCUT2D eigenvalue weighted by Crippen LogP contribution is -2.28. The molecule has 0 saturated carbocycles. The largest absolute Gasteiger partial charge is 0.491 e. The van der Waals surface area contributed by atoms with Crippen LogP contribution in [0.15, 0.2) is 42.6 Å². The van der Waals surface area contributed by atoms with Gasteiger partial charge in [0.1, 0.15) is 18.1 Å². The molecule has 2 aromatic rings. The van der Waals surface area contributed by atoms with E-state index in [1.165, 1.54) is 18.3 Å². The van der Waals surface area contributed by atoms with Crippen molar-refractivity contribution < 1.29 is 19.4 Å². The standard InChI is InChI=1S/C18H20N2O4/c1-12(2)14-5-3-4-6-16(14)24-10-9-20-17(21)13-7-8-19-15(11-13)18(22)23/h3-8,11-12H,9-10H2,1-2H3,(H,20,21)(H,22,23). The van der Waals surface area contributed by atoms with Crippen LogP contribution in [0.5, 0.6) is 5.75 Å². The molecule has 0 bridgehead atoms. The molecule has 1 aromatic carbocycles. The molecule has 0 atom stereocenters. The number of hydrogen-bond donors (Lipinski definition) is 2. The highest BCUT2D eigenvalue weighted by molar-refractivity contribution is 5.96. The van der Waals surface area contributed by atoms with E-state index in [2.05, 4.69) is 24.1 Å². The topological polar surface area (TPSA) is 88.5 Å². The first-order valence-corrected chi connectivity index (χ1v) is 7.68. The fourth-order valence-corrected chi connectivity index (χ4v) is 2.21. The van der Waals surface area contributed by atoms with Crippen LogP contribution in [0, 0.1) is 0 Å². The first kappa shape index (κ1) is 17.5. The summed E-state index contributed by atoms with van der Waals surface area (Å²) in [6, 6.07) is 10.5. The summed E-state index contributed by atoms with van der Waals surface area (Å²) in [5.41, 5.74) is 1.21. The Morgan fingerprint density at radius 3 is 2.71 bits per heavy atom. The third-order valence-electron chi connectivity index (χ3n) is 3.43. The molecule has 0 spiro atoms. The number of ether oxygens (including phenoxy) is 1. The second-order valence-corrected chi connectivity index (χ2v) is 5.53. The van der Waals surface area contributed by atoms with Crippen LogP contribution in [0.25, 0.3) is 0 Å². The molecular weight excluding hydrogens is 308 g/mol. The molecule has 2 N–H and O–H groups in total. The zero-order valence-electron chi connectivity index (χ0n) is 13.7. The molecule has 0 aliphatic heterocycles. The quantitative estimate of drug-likeness (QED) is 0.763. The van der Waals surface area contributed by atoms with Gasteiger partial charge in [-0.05, 0) is 29.7 Å². The third-order valence-corrected chi connectivity index (χ3v) is 3.43. The maximum atomic E-state index is 12.0. The van der Waals surface area contributed by atoms with E-state index in [9.17, 15) is 9.59 Å².